The standard InChI is InChI=1S/C20H25N3O6/c1-12(2)6-7-22-13(3)8-16(14(22)4)18(24)11-21-10-15(20(26)29-5)9-17(19(21)25)23(27)28/h8-10,12H,6-7,11H2,1-5H3. The highest BCUT2D eigenvalue weighted by atomic mass is 16.6. The van der Waals surface area contributed by atoms with Gasteiger partial charge in [0.15, 0.2) is 5.78 Å². The Kier molecular flexibility index (Phi) is 6.73. The van der Waals surface area contributed by atoms with Gasteiger partial charge in [0, 0.05) is 35.8 Å². The second kappa shape index (κ2) is 8.85. The molecule has 0 aliphatic carbocycles. The van der Waals surface area contributed by atoms with Gasteiger partial charge in [0.05, 0.1) is 24.1 Å². The van der Waals surface area contributed by atoms with Crippen molar-refractivity contribution < 1.29 is 19.2 Å². The van der Waals surface area contributed by atoms with Crippen LogP contribution in [0.25, 0.3) is 0 Å². The maximum Gasteiger partial charge on any atom is 0.339 e. The molecule has 0 spiro atoms. The molecule has 0 aliphatic heterocycles. The van der Waals surface area contributed by atoms with Crippen LogP contribution in [-0.4, -0.2) is 32.9 Å². The SMILES string of the molecule is COC(=O)c1cc([N+](=O)[O-])c(=O)n(CC(=O)c2cc(C)n(CCC(C)C)c2C)c1. The number of ether oxygens (including phenoxy) is 1. The third kappa shape index (κ3) is 4.79. The number of nitro groups is 1. The van der Waals surface area contributed by atoms with Gasteiger partial charge in [-0.05, 0) is 32.3 Å². The molecule has 0 saturated carbocycles. The van der Waals surface area contributed by atoms with Crippen molar-refractivity contribution in [1.82, 2.24) is 9.13 Å². The monoisotopic (exact) mass is 403 g/mol. The first kappa shape index (κ1) is 22.1. The van der Waals surface area contributed by atoms with Gasteiger partial charge in [-0.15, -0.1) is 0 Å². The van der Waals surface area contributed by atoms with Crippen molar-refractivity contribution in [2.45, 2.75) is 47.2 Å². The quantitative estimate of drug-likeness (QED) is 0.290. The summed E-state index contributed by atoms with van der Waals surface area (Å²) in [5, 5.41) is 11.2. The largest absolute Gasteiger partial charge is 0.465 e. The van der Waals surface area contributed by atoms with Gasteiger partial charge in [0.25, 0.3) is 0 Å². The van der Waals surface area contributed by atoms with Crippen LogP contribution >= 0.6 is 0 Å². The lowest BCUT2D eigenvalue weighted by atomic mass is 10.1. The van der Waals surface area contributed by atoms with E-state index in [4.69, 9.17) is 0 Å². The molecule has 2 heterocycles. The number of Topliss-reactive ketones (excluding diaryl/α,β-unsaturated/α-hetero) is 1. The van der Waals surface area contributed by atoms with Crippen LogP contribution in [0.4, 0.5) is 5.69 Å². The van der Waals surface area contributed by atoms with Gasteiger partial charge in [-0.2, -0.15) is 0 Å². The van der Waals surface area contributed by atoms with Gasteiger partial charge in [0.1, 0.15) is 0 Å². The van der Waals surface area contributed by atoms with Crippen LogP contribution in [0.1, 0.15) is 52.4 Å². The van der Waals surface area contributed by atoms with E-state index in [2.05, 4.69) is 18.6 Å². The number of rotatable bonds is 8. The third-order valence-corrected chi connectivity index (χ3v) is 4.80. The summed E-state index contributed by atoms with van der Waals surface area (Å²) in [5.41, 5.74) is 0.235. The number of aryl methyl sites for hydroxylation is 1. The average molecular weight is 403 g/mol. The summed E-state index contributed by atoms with van der Waals surface area (Å²) in [4.78, 5) is 47.3. The first-order valence-corrected chi connectivity index (χ1v) is 9.23. The van der Waals surface area contributed by atoms with Gasteiger partial charge in [-0.1, -0.05) is 13.8 Å². The predicted octanol–water partition coefficient (Wildman–Crippen LogP) is 2.89. The fourth-order valence-corrected chi connectivity index (χ4v) is 3.15. The first-order chi connectivity index (χ1) is 13.6. The Morgan fingerprint density at radius 2 is 1.90 bits per heavy atom. The van der Waals surface area contributed by atoms with Crippen LogP contribution < -0.4 is 5.56 Å². The highest BCUT2D eigenvalue weighted by molar-refractivity contribution is 5.97. The van der Waals surface area contributed by atoms with E-state index in [1.54, 1.807) is 6.07 Å². The van der Waals surface area contributed by atoms with Crippen LogP contribution in [0.2, 0.25) is 0 Å². The van der Waals surface area contributed by atoms with E-state index < -0.39 is 28.7 Å². The molecule has 156 valence electrons. The highest BCUT2D eigenvalue weighted by Crippen LogP contribution is 2.18. The number of nitrogens with zero attached hydrogens (tertiary/aromatic N) is 3. The Morgan fingerprint density at radius 1 is 1.24 bits per heavy atom. The average Bonchev–Trinajstić information content (AvgIpc) is 2.94. The van der Waals surface area contributed by atoms with E-state index in [1.165, 1.54) is 0 Å². The molecule has 0 saturated heterocycles. The van der Waals surface area contributed by atoms with Gasteiger partial charge >= 0.3 is 17.2 Å². The number of esters is 1. The number of ketones is 1. The lowest BCUT2D eigenvalue weighted by molar-refractivity contribution is -0.386. The maximum atomic E-state index is 12.9. The van der Waals surface area contributed by atoms with Crippen LogP contribution in [-0.2, 0) is 17.8 Å². The van der Waals surface area contributed by atoms with Gasteiger partial charge < -0.3 is 13.9 Å². The molecule has 2 aromatic heterocycles. The molecule has 0 aromatic carbocycles. The van der Waals surface area contributed by atoms with Crippen molar-refractivity contribution in [3.63, 3.8) is 0 Å². The number of pyridine rings is 1. The molecule has 2 rings (SSSR count). The Bertz CT molecular complexity index is 1020. The van der Waals surface area contributed by atoms with Crippen LogP contribution in [0, 0.1) is 29.9 Å². The summed E-state index contributed by atoms with van der Waals surface area (Å²) in [6, 6.07) is 2.61. The Labute approximate surface area is 168 Å². The molecule has 0 N–H and O–H groups in total. The fraction of sp³-hybridized carbons (Fsp3) is 0.450. The number of aromatic nitrogens is 2. The van der Waals surface area contributed by atoms with Crippen molar-refractivity contribution in [3.05, 3.63) is 61.3 Å². The minimum atomic E-state index is -0.954. The van der Waals surface area contributed by atoms with Gasteiger partial charge in [-0.25, -0.2) is 4.79 Å². The maximum absolute atomic E-state index is 12.9. The number of carbonyl (C=O) groups excluding carboxylic acids is 2. The Balaban J connectivity index is 2.42. The molecular formula is C20H25N3O6. The van der Waals surface area contributed by atoms with Crippen molar-refractivity contribution in [3.8, 4) is 0 Å². The molecule has 9 nitrogen and oxygen atoms in total. The van der Waals surface area contributed by atoms with Crippen LogP contribution in [0.15, 0.2) is 23.1 Å². The predicted molar refractivity (Wildman–Crippen MR) is 106 cm³/mol. The number of carbonyl (C=O) groups is 2. The zero-order valence-corrected chi connectivity index (χ0v) is 17.2. The summed E-state index contributed by atoms with van der Waals surface area (Å²) in [7, 11) is 1.13. The molecule has 9 heteroatoms. The Hall–Kier alpha value is -3.23. The number of hydrogen-bond donors (Lipinski definition) is 0. The van der Waals surface area contributed by atoms with E-state index in [-0.39, 0.29) is 11.3 Å². The summed E-state index contributed by atoms with van der Waals surface area (Å²) in [5.74, 6) is -0.691. The van der Waals surface area contributed by atoms with Crippen molar-refractivity contribution in [1.29, 1.82) is 0 Å². The molecule has 0 amide bonds. The normalized spacial score (nSPS) is 11.0. The molecule has 0 bridgehead atoms. The first-order valence-electron chi connectivity index (χ1n) is 9.23. The molecule has 29 heavy (non-hydrogen) atoms. The number of hydrogen-bond acceptors (Lipinski definition) is 6. The summed E-state index contributed by atoms with van der Waals surface area (Å²) in [6.45, 7) is 8.32. The molecule has 0 radical (unpaired) electrons. The molecule has 0 aliphatic rings. The van der Waals surface area contributed by atoms with Gasteiger partial charge in [-0.3, -0.25) is 19.7 Å². The van der Waals surface area contributed by atoms with E-state index in [9.17, 15) is 24.5 Å². The summed E-state index contributed by atoms with van der Waals surface area (Å²) >= 11 is 0. The fourth-order valence-electron chi connectivity index (χ4n) is 3.15. The zero-order valence-electron chi connectivity index (χ0n) is 17.2. The lowest BCUT2D eigenvalue weighted by Gasteiger charge is -2.12. The molecular weight excluding hydrogens is 378 g/mol. The second-order valence-corrected chi connectivity index (χ2v) is 7.34. The van der Waals surface area contributed by atoms with E-state index in [0.29, 0.717) is 11.5 Å². The van der Waals surface area contributed by atoms with E-state index in [1.807, 2.05) is 18.4 Å². The third-order valence-electron chi connectivity index (χ3n) is 4.80. The lowest BCUT2D eigenvalue weighted by Crippen LogP contribution is -2.27. The minimum absolute atomic E-state index is 0.172. The minimum Gasteiger partial charge on any atom is -0.465 e. The molecule has 0 atom stereocenters. The topological polar surface area (TPSA) is 113 Å². The van der Waals surface area contributed by atoms with Crippen molar-refractivity contribution in [2.75, 3.05) is 7.11 Å². The molecule has 2 aromatic rings. The van der Waals surface area contributed by atoms with Crippen molar-refractivity contribution >= 4 is 17.4 Å². The van der Waals surface area contributed by atoms with Crippen LogP contribution in [0.3, 0.4) is 0 Å². The van der Waals surface area contributed by atoms with Crippen molar-refractivity contribution in [2.24, 2.45) is 5.92 Å². The zero-order chi connectivity index (χ0) is 21.9. The van der Waals surface area contributed by atoms with E-state index >= 15 is 0 Å². The molecule has 0 unspecified atom stereocenters. The van der Waals surface area contributed by atoms with Crippen LogP contribution in [0.5, 0.6) is 0 Å². The number of methoxy groups -OCH3 is 1. The van der Waals surface area contributed by atoms with Gasteiger partial charge in [0.2, 0.25) is 0 Å². The second-order valence-electron chi connectivity index (χ2n) is 7.34. The summed E-state index contributed by atoms with van der Waals surface area (Å²) in [6.07, 6.45) is 2.06. The Morgan fingerprint density at radius 3 is 2.45 bits per heavy atom. The van der Waals surface area contributed by atoms with E-state index in [0.717, 1.165) is 48.3 Å². The summed E-state index contributed by atoms with van der Waals surface area (Å²) < 4.78 is 7.50. The highest BCUT2D eigenvalue weighted by Gasteiger charge is 2.23. The molecule has 0 fully saturated rings. The smallest absolute Gasteiger partial charge is 0.339 e.